The van der Waals surface area contributed by atoms with E-state index in [9.17, 15) is 9.18 Å². The van der Waals surface area contributed by atoms with Gasteiger partial charge in [0.15, 0.2) is 0 Å². The largest absolute Gasteiger partial charge is 0.481 e. The molecule has 8 nitrogen and oxygen atoms in total. The first-order chi connectivity index (χ1) is 14.0. The maximum Gasteiger partial charge on any atom is 0.319 e. The van der Waals surface area contributed by atoms with E-state index in [1.807, 2.05) is 7.05 Å². The summed E-state index contributed by atoms with van der Waals surface area (Å²) in [6.07, 6.45) is 3.08. The van der Waals surface area contributed by atoms with E-state index in [4.69, 9.17) is 4.74 Å². The van der Waals surface area contributed by atoms with E-state index < -0.39 is 0 Å². The van der Waals surface area contributed by atoms with Crippen molar-refractivity contribution < 1.29 is 13.9 Å². The first kappa shape index (κ1) is 19.1. The van der Waals surface area contributed by atoms with Gasteiger partial charge in [0.1, 0.15) is 11.6 Å². The fourth-order valence-electron chi connectivity index (χ4n) is 3.62. The van der Waals surface area contributed by atoms with Crippen LogP contribution in [-0.4, -0.2) is 52.6 Å². The van der Waals surface area contributed by atoms with Crippen molar-refractivity contribution in [2.75, 3.05) is 26.0 Å². The van der Waals surface area contributed by atoms with E-state index in [0.717, 1.165) is 24.3 Å². The summed E-state index contributed by atoms with van der Waals surface area (Å²) in [7, 11) is 3.56. The molecule has 0 bridgehead atoms. The summed E-state index contributed by atoms with van der Waals surface area (Å²) in [5.41, 5.74) is 2.00. The Kier molecular flexibility index (Phi) is 5.30. The van der Waals surface area contributed by atoms with Crippen LogP contribution in [0.5, 0.6) is 5.88 Å². The van der Waals surface area contributed by atoms with E-state index in [1.165, 1.54) is 19.2 Å². The molecule has 1 aromatic carbocycles. The molecule has 0 unspecified atom stereocenters. The van der Waals surface area contributed by atoms with Crippen LogP contribution in [0.2, 0.25) is 0 Å². The minimum absolute atomic E-state index is 0.00663. The Bertz CT molecular complexity index is 1010. The number of amides is 2. The molecular weight excluding hydrogens is 375 g/mol. The summed E-state index contributed by atoms with van der Waals surface area (Å²) in [5.74, 6) is 0.966. The number of halogens is 1. The van der Waals surface area contributed by atoms with Crippen LogP contribution in [0.1, 0.15) is 24.7 Å². The highest BCUT2D eigenvalue weighted by Crippen LogP contribution is 2.29. The topological polar surface area (TPSA) is 95.2 Å². The van der Waals surface area contributed by atoms with Crippen molar-refractivity contribution in [3.8, 4) is 5.88 Å². The van der Waals surface area contributed by atoms with Crippen LogP contribution in [-0.2, 0) is 0 Å². The maximum atomic E-state index is 13.5. The molecule has 0 saturated carbocycles. The van der Waals surface area contributed by atoms with Gasteiger partial charge in [-0.2, -0.15) is 0 Å². The van der Waals surface area contributed by atoms with Crippen LogP contribution >= 0.6 is 0 Å². The smallest absolute Gasteiger partial charge is 0.319 e. The molecule has 2 atom stereocenters. The SMILES string of the molecule is COc1ccc(NC(=O)N[C@@H]2CCN(C)[C@@H](c3nc4ccc(F)cc4[nH]3)C2)cn1. The van der Waals surface area contributed by atoms with Crippen LogP contribution in [0.15, 0.2) is 36.5 Å². The van der Waals surface area contributed by atoms with Gasteiger partial charge in [-0.1, -0.05) is 0 Å². The highest BCUT2D eigenvalue weighted by atomic mass is 19.1. The van der Waals surface area contributed by atoms with E-state index in [0.29, 0.717) is 23.5 Å². The summed E-state index contributed by atoms with van der Waals surface area (Å²) >= 11 is 0. The summed E-state index contributed by atoms with van der Waals surface area (Å²) < 4.78 is 18.5. The second kappa shape index (κ2) is 8.04. The highest BCUT2D eigenvalue weighted by molar-refractivity contribution is 5.89. The zero-order chi connectivity index (χ0) is 20.4. The third kappa shape index (κ3) is 4.29. The van der Waals surface area contributed by atoms with E-state index in [2.05, 4.69) is 30.5 Å². The number of piperidine rings is 1. The summed E-state index contributed by atoms with van der Waals surface area (Å²) in [6, 6.07) is 7.65. The molecule has 0 radical (unpaired) electrons. The summed E-state index contributed by atoms with van der Waals surface area (Å²) in [5, 5.41) is 5.81. The average Bonchev–Trinajstić information content (AvgIpc) is 3.13. The molecule has 1 aliphatic heterocycles. The Balaban J connectivity index is 1.41. The number of rotatable bonds is 4. The normalized spacial score (nSPS) is 19.8. The molecule has 0 aliphatic carbocycles. The number of aromatic amines is 1. The molecule has 1 fully saturated rings. The van der Waals surface area contributed by atoms with Gasteiger partial charge in [0, 0.05) is 18.7 Å². The first-order valence-corrected chi connectivity index (χ1v) is 9.45. The molecular formula is C20H23FN6O2. The molecule has 3 N–H and O–H groups in total. The number of fused-ring (bicyclic) bond motifs is 1. The van der Waals surface area contributed by atoms with Gasteiger partial charge in [-0.3, -0.25) is 4.90 Å². The molecule has 9 heteroatoms. The number of ether oxygens (including phenoxy) is 1. The molecule has 29 heavy (non-hydrogen) atoms. The number of aromatic nitrogens is 3. The Morgan fingerprint density at radius 1 is 1.34 bits per heavy atom. The Hall–Kier alpha value is -3.20. The molecule has 2 aromatic heterocycles. The number of methoxy groups -OCH3 is 1. The molecule has 3 heterocycles. The number of imidazole rings is 1. The molecule has 2 amide bonds. The minimum Gasteiger partial charge on any atom is -0.481 e. The number of nitrogens with one attached hydrogen (secondary N) is 3. The number of H-pyrrole nitrogens is 1. The van der Waals surface area contributed by atoms with Gasteiger partial charge in [-0.25, -0.2) is 19.2 Å². The number of anilines is 1. The zero-order valence-electron chi connectivity index (χ0n) is 16.3. The predicted molar refractivity (Wildman–Crippen MR) is 107 cm³/mol. The third-order valence-corrected chi connectivity index (χ3v) is 5.19. The standard InChI is InChI=1S/C20H23FN6O2/c1-27-8-7-13(23-20(28)24-14-4-6-18(29-2)22-11-14)10-17(27)19-25-15-5-3-12(21)9-16(15)26-19/h3-6,9,11,13,17H,7-8,10H2,1-2H3,(H,25,26)(H2,23,24,28)/t13-,17-/m1/s1. The lowest BCUT2D eigenvalue weighted by atomic mass is 9.97. The van der Waals surface area contributed by atoms with Crippen LogP contribution in [0.25, 0.3) is 11.0 Å². The molecule has 1 saturated heterocycles. The molecule has 1 aliphatic rings. The number of likely N-dealkylation sites (tertiary alicyclic amines) is 1. The lowest BCUT2D eigenvalue weighted by Gasteiger charge is -2.36. The molecule has 0 spiro atoms. The van der Waals surface area contributed by atoms with Crippen LogP contribution in [0.3, 0.4) is 0 Å². The average molecular weight is 398 g/mol. The fraction of sp³-hybridized carbons (Fsp3) is 0.350. The number of hydrogen-bond acceptors (Lipinski definition) is 5. The lowest BCUT2D eigenvalue weighted by molar-refractivity contribution is 0.153. The molecule has 4 rings (SSSR count). The summed E-state index contributed by atoms with van der Waals surface area (Å²) in [6.45, 7) is 0.811. The fourth-order valence-corrected chi connectivity index (χ4v) is 3.62. The number of nitrogens with zero attached hydrogens (tertiary/aromatic N) is 3. The van der Waals surface area contributed by atoms with Crippen molar-refractivity contribution in [2.45, 2.75) is 24.9 Å². The number of urea groups is 1. The first-order valence-electron chi connectivity index (χ1n) is 9.45. The zero-order valence-corrected chi connectivity index (χ0v) is 16.3. The Morgan fingerprint density at radius 2 is 2.21 bits per heavy atom. The van der Waals surface area contributed by atoms with E-state index in [-0.39, 0.29) is 23.9 Å². The quantitative estimate of drug-likeness (QED) is 0.628. The van der Waals surface area contributed by atoms with Crippen LogP contribution in [0, 0.1) is 5.82 Å². The van der Waals surface area contributed by atoms with E-state index in [1.54, 1.807) is 24.4 Å². The molecule has 152 valence electrons. The number of carbonyl (C=O) groups excluding carboxylic acids is 1. The van der Waals surface area contributed by atoms with Crippen molar-refractivity contribution in [1.82, 2.24) is 25.2 Å². The van der Waals surface area contributed by atoms with Gasteiger partial charge in [0.05, 0.1) is 36.1 Å². The molecule has 3 aromatic rings. The Labute approximate surface area is 167 Å². The van der Waals surface area contributed by atoms with Gasteiger partial charge in [0.25, 0.3) is 0 Å². The number of hydrogen-bond donors (Lipinski definition) is 3. The second-order valence-corrected chi connectivity index (χ2v) is 7.19. The van der Waals surface area contributed by atoms with Crippen molar-refractivity contribution in [3.05, 3.63) is 48.2 Å². The van der Waals surface area contributed by atoms with Crippen LogP contribution in [0.4, 0.5) is 14.9 Å². The van der Waals surface area contributed by atoms with E-state index >= 15 is 0 Å². The second-order valence-electron chi connectivity index (χ2n) is 7.19. The number of pyridine rings is 1. The van der Waals surface area contributed by atoms with Gasteiger partial charge in [-0.05, 0) is 44.2 Å². The lowest BCUT2D eigenvalue weighted by Crippen LogP contribution is -2.46. The third-order valence-electron chi connectivity index (χ3n) is 5.19. The predicted octanol–water partition coefficient (Wildman–Crippen LogP) is 3.06. The van der Waals surface area contributed by atoms with Crippen molar-refractivity contribution in [1.29, 1.82) is 0 Å². The monoisotopic (exact) mass is 398 g/mol. The van der Waals surface area contributed by atoms with Crippen molar-refractivity contribution >= 4 is 22.8 Å². The summed E-state index contributed by atoms with van der Waals surface area (Å²) in [4.78, 5) is 26.5. The Morgan fingerprint density at radius 3 is 2.97 bits per heavy atom. The van der Waals surface area contributed by atoms with Gasteiger partial charge >= 0.3 is 6.03 Å². The van der Waals surface area contributed by atoms with Crippen molar-refractivity contribution in [3.63, 3.8) is 0 Å². The van der Waals surface area contributed by atoms with Gasteiger partial charge in [0.2, 0.25) is 5.88 Å². The van der Waals surface area contributed by atoms with Gasteiger partial charge in [-0.15, -0.1) is 0 Å². The highest BCUT2D eigenvalue weighted by Gasteiger charge is 2.30. The number of benzene rings is 1. The van der Waals surface area contributed by atoms with Crippen molar-refractivity contribution in [2.24, 2.45) is 0 Å². The van der Waals surface area contributed by atoms with Gasteiger partial charge < -0.3 is 20.4 Å². The van der Waals surface area contributed by atoms with Crippen LogP contribution < -0.4 is 15.4 Å². The number of carbonyl (C=O) groups is 1. The maximum absolute atomic E-state index is 13.5. The minimum atomic E-state index is -0.297.